The fraction of sp³-hybridized carbons (Fsp3) is 0.238. The minimum absolute atomic E-state index is 0.224. The molecule has 0 aliphatic carbocycles. The number of ether oxygens (including phenoxy) is 2. The molecule has 0 unspecified atom stereocenters. The Morgan fingerprint density at radius 2 is 1.89 bits per heavy atom. The number of carbonyl (C=O) groups is 1. The molecule has 0 atom stereocenters. The van der Waals surface area contributed by atoms with E-state index in [4.69, 9.17) is 21.1 Å². The normalized spacial score (nSPS) is 14.9. The quantitative estimate of drug-likeness (QED) is 0.760. The molecular formula is C21H21ClN2O3. The van der Waals surface area contributed by atoms with Crippen molar-refractivity contribution in [2.75, 3.05) is 14.2 Å². The SMILES string of the molecule is COc1cc(/C=C2/N=C(CCc3cccc(Cl)c3)NC2=O)c(OC)cc1C. The largest absolute Gasteiger partial charge is 0.496 e. The highest BCUT2D eigenvalue weighted by atomic mass is 35.5. The maximum absolute atomic E-state index is 12.3. The number of halogens is 1. The molecule has 5 nitrogen and oxygen atoms in total. The third-order valence-corrected chi connectivity index (χ3v) is 4.56. The monoisotopic (exact) mass is 384 g/mol. The van der Waals surface area contributed by atoms with E-state index in [1.165, 1.54) is 0 Å². The number of methoxy groups -OCH3 is 2. The first-order valence-corrected chi connectivity index (χ1v) is 8.95. The summed E-state index contributed by atoms with van der Waals surface area (Å²) >= 11 is 6.01. The molecule has 6 heteroatoms. The molecule has 1 heterocycles. The Morgan fingerprint density at radius 3 is 2.59 bits per heavy atom. The van der Waals surface area contributed by atoms with Gasteiger partial charge in [0.05, 0.1) is 14.2 Å². The summed E-state index contributed by atoms with van der Waals surface area (Å²) in [4.78, 5) is 16.7. The zero-order valence-corrected chi connectivity index (χ0v) is 16.3. The lowest BCUT2D eigenvalue weighted by Gasteiger charge is -2.10. The van der Waals surface area contributed by atoms with Crippen LogP contribution in [0, 0.1) is 6.92 Å². The third-order valence-electron chi connectivity index (χ3n) is 4.32. The average molecular weight is 385 g/mol. The molecule has 2 aromatic rings. The van der Waals surface area contributed by atoms with Gasteiger partial charge in [-0.1, -0.05) is 23.7 Å². The van der Waals surface area contributed by atoms with Gasteiger partial charge in [0.1, 0.15) is 23.0 Å². The average Bonchev–Trinajstić information content (AvgIpc) is 3.00. The van der Waals surface area contributed by atoms with E-state index >= 15 is 0 Å². The van der Waals surface area contributed by atoms with E-state index in [-0.39, 0.29) is 5.91 Å². The smallest absolute Gasteiger partial charge is 0.275 e. The van der Waals surface area contributed by atoms with Crippen LogP contribution in [0.4, 0.5) is 0 Å². The summed E-state index contributed by atoms with van der Waals surface area (Å²) in [6.07, 6.45) is 3.08. The summed E-state index contributed by atoms with van der Waals surface area (Å²) in [6, 6.07) is 11.4. The molecule has 140 valence electrons. The minimum Gasteiger partial charge on any atom is -0.496 e. The molecule has 0 saturated heterocycles. The van der Waals surface area contributed by atoms with Gasteiger partial charge in [-0.25, -0.2) is 4.99 Å². The van der Waals surface area contributed by atoms with Crippen LogP contribution in [0.2, 0.25) is 5.02 Å². The van der Waals surface area contributed by atoms with Crippen molar-refractivity contribution in [2.24, 2.45) is 4.99 Å². The lowest BCUT2D eigenvalue weighted by Crippen LogP contribution is -2.24. The van der Waals surface area contributed by atoms with E-state index in [1.54, 1.807) is 20.3 Å². The fourth-order valence-corrected chi connectivity index (χ4v) is 3.14. The molecule has 1 aliphatic rings. The standard InChI is InChI=1S/C21H21ClN2O3/c1-13-9-19(27-3)15(12-18(13)26-2)11-17-21(25)24-20(23-17)8-7-14-5-4-6-16(22)10-14/h4-6,9-12H,7-8H2,1-3H3,(H,23,24,25)/b17-11+. The van der Waals surface area contributed by atoms with Crippen LogP contribution >= 0.6 is 11.6 Å². The molecule has 0 radical (unpaired) electrons. The van der Waals surface area contributed by atoms with Crippen molar-refractivity contribution >= 4 is 29.4 Å². The van der Waals surface area contributed by atoms with Gasteiger partial charge in [-0.05, 0) is 54.8 Å². The summed E-state index contributed by atoms with van der Waals surface area (Å²) in [5, 5.41) is 3.52. The highest BCUT2D eigenvalue weighted by molar-refractivity contribution is 6.30. The Hall–Kier alpha value is -2.79. The minimum atomic E-state index is -0.224. The van der Waals surface area contributed by atoms with Crippen molar-refractivity contribution in [2.45, 2.75) is 19.8 Å². The lowest BCUT2D eigenvalue weighted by atomic mass is 10.1. The van der Waals surface area contributed by atoms with Gasteiger partial charge in [-0.3, -0.25) is 4.79 Å². The molecule has 3 rings (SSSR count). The summed E-state index contributed by atoms with van der Waals surface area (Å²) < 4.78 is 10.8. The zero-order valence-electron chi connectivity index (χ0n) is 15.5. The van der Waals surface area contributed by atoms with Crippen molar-refractivity contribution < 1.29 is 14.3 Å². The number of benzene rings is 2. The number of aryl methyl sites for hydroxylation is 2. The number of hydrogen-bond donors (Lipinski definition) is 1. The van der Waals surface area contributed by atoms with Crippen molar-refractivity contribution in [3.8, 4) is 11.5 Å². The molecule has 1 aliphatic heterocycles. The number of amidine groups is 1. The van der Waals surface area contributed by atoms with E-state index in [1.807, 2.05) is 43.3 Å². The van der Waals surface area contributed by atoms with Crippen molar-refractivity contribution in [1.82, 2.24) is 5.32 Å². The van der Waals surface area contributed by atoms with E-state index in [0.717, 1.165) is 28.9 Å². The Bertz CT molecular complexity index is 935. The maximum Gasteiger partial charge on any atom is 0.275 e. The molecule has 0 bridgehead atoms. The molecule has 0 saturated carbocycles. The van der Waals surface area contributed by atoms with Gasteiger partial charge in [0.25, 0.3) is 5.91 Å². The first-order chi connectivity index (χ1) is 13.0. The van der Waals surface area contributed by atoms with Crippen LogP contribution in [-0.4, -0.2) is 26.0 Å². The second kappa shape index (κ2) is 8.27. The molecule has 0 aromatic heterocycles. The van der Waals surface area contributed by atoms with Crippen molar-refractivity contribution in [1.29, 1.82) is 0 Å². The number of rotatable bonds is 6. The lowest BCUT2D eigenvalue weighted by molar-refractivity contribution is -0.115. The Balaban J connectivity index is 1.81. The number of nitrogens with one attached hydrogen (secondary N) is 1. The number of amides is 1. The zero-order chi connectivity index (χ0) is 19.4. The first kappa shape index (κ1) is 19.0. The number of carbonyl (C=O) groups excluding carboxylic acids is 1. The van der Waals surface area contributed by atoms with Crippen LogP contribution in [0.5, 0.6) is 11.5 Å². The molecule has 0 spiro atoms. The van der Waals surface area contributed by atoms with Crippen LogP contribution in [0.1, 0.15) is 23.1 Å². The Morgan fingerprint density at radius 1 is 1.11 bits per heavy atom. The van der Waals surface area contributed by atoms with E-state index in [2.05, 4.69) is 10.3 Å². The number of aliphatic imine (C=N–C) groups is 1. The molecule has 1 N–H and O–H groups in total. The number of hydrogen-bond acceptors (Lipinski definition) is 4. The first-order valence-electron chi connectivity index (χ1n) is 8.58. The topological polar surface area (TPSA) is 59.9 Å². The highest BCUT2D eigenvalue weighted by Crippen LogP contribution is 2.30. The van der Waals surface area contributed by atoms with Gasteiger partial charge in [0.2, 0.25) is 0 Å². The van der Waals surface area contributed by atoms with Crippen molar-refractivity contribution in [3.63, 3.8) is 0 Å². The molecule has 1 amide bonds. The van der Waals surface area contributed by atoms with Crippen LogP contribution in [0.3, 0.4) is 0 Å². The molecular weight excluding hydrogens is 364 g/mol. The molecule has 27 heavy (non-hydrogen) atoms. The highest BCUT2D eigenvalue weighted by Gasteiger charge is 2.20. The third kappa shape index (κ3) is 4.49. The van der Waals surface area contributed by atoms with Crippen LogP contribution in [0.15, 0.2) is 47.1 Å². The van der Waals surface area contributed by atoms with Gasteiger partial charge in [0, 0.05) is 17.0 Å². The Labute approximate surface area is 163 Å². The van der Waals surface area contributed by atoms with Gasteiger partial charge in [-0.2, -0.15) is 0 Å². The van der Waals surface area contributed by atoms with Gasteiger partial charge >= 0.3 is 0 Å². The van der Waals surface area contributed by atoms with E-state index < -0.39 is 0 Å². The van der Waals surface area contributed by atoms with Gasteiger partial charge in [-0.15, -0.1) is 0 Å². The fourth-order valence-electron chi connectivity index (χ4n) is 2.92. The van der Waals surface area contributed by atoms with E-state index in [0.29, 0.717) is 28.7 Å². The second-order valence-electron chi connectivity index (χ2n) is 6.24. The van der Waals surface area contributed by atoms with Crippen molar-refractivity contribution in [3.05, 3.63) is 63.8 Å². The van der Waals surface area contributed by atoms with Gasteiger partial charge < -0.3 is 14.8 Å². The van der Waals surface area contributed by atoms with Gasteiger partial charge in [0.15, 0.2) is 0 Å². The second-order valence-corrected chi connectivity index (χ2v) is 6.67. The predicted molar refractivity (Wildman–Crippen MR) is 108 cm³/mol. The predicted octanol–water partition coefficient (Wildman–Crippen LogP) is 4.17. The van der Waals surface area contributed by atoms with Crippen LogP contribution in [0.25, 0.3) is 6.08 Å². The Kier molecular flexibility index (Phi) is 5.81. The maximum atomic E-state index is 12.3. The summed E-state index contributed by atoms with van der Waals surface area (Å²) in [5.41, 5.74) is 3.14. The van der Waals surface area contributed by atoms with Crippen LogP contribution < -0.4 is 14.8 Å². The summed E-state index contributed by atoms with van der Waals surface area (Å²) in [6.45, 7) is 1.94. The molecule has 0 fully saturated rings. The summed E-state index contributed by atoms with van der Waals surface area (Å²) in [7, 11) is 3.21. The van der Waals surface area contributed by atoms with E-state index in [9.17, 15) is 4.79 Å². The van der Waals surface area contributed by atoms with Crippen LogP contribution in [-0.2, 0) is 11.2 Å². The molecule has 2 aromatic carbocycles. The number of nitrogens with zero attached hydrogens (tertiary/aromatic N) is 1. The summed E-state index contributed by atoms with van der Waals surface area (Å²) in [5.74, 6) is 1.81.